The molecule has 0 saturated heterocycles. The second-order valence-electron chi connectivity index (χ2n) is 0. The van der Waals surface area contributed by atoms with Gasteiger partial charge in [-0.1, -0.05) is 0 Å². The molecule has 34 valence electrons. The van der Waals surface area contributed by atoms with Crippen LogP contribution in [-0.4, -0.2) is 0 Å². The van der Waals surface area contributed by atoms with Gasteiger partial charge in [0.25, 0.3) is 0 Å². The molecule has 0 aliphatic rings. The third kappa shape index (κ3) is 12.9. The molecule has 0 saturated carbocycles. The Kier molecular flexibility index (Phi) is 936. The van der Waals surface area contributed by atoms with Crippen molar-refractivity contribution >= 4 is 0 Å². The second-order valence-corrected chi connectivity index (χ2v) is 0. The summed E-state index contributed by atoms with van der Waals surface area (Å²) >= 11 is 0. The molecule has 0 fully saturated rings. The van der Waals surface area contributed by atoms with E-state index in [1.165, 1.54) is 0 Å². The van der Waals surface area contributed by atoms with E-state index in [-0.39, 0.29) is 45.8 Å². The molecule has 0 heterocycles. The topological polar surface area (TPSA) is 70.0 Å². The summed E-state index contributed by atoms with van der Waals surface area (Å²) in [5.74, 6) is 0. The quantitative estimate of drug-likeness (QED) is 0.501. The van der Waals surface area contributed by atoms with Crippen LogP contribution in [0.15, 0.2) is 0 Å². The summed E-state index contributed by atoms with van der Waals surface area (Å²) in [6.07, 6.45) is 0. The van der Waals surface area contributed by atoms with Crippen molar-refractivity contribution in [3.63, 3.8) is 0 Å². The molecule has 6 N–H and O–H groups in total. The summed E-state index contributed by atoms with van der Waals surface area (Å²) in [4.78, 5) is 0. The van der Waals surface area contributed by atoms with Crippen molar-refractivity contribution in [2.75, 3.05) is 0 Å². The third-order valence-electron chi connectivity index (χ3n) is 0. The maximum absolute atomic E-state index is 0. The van der Waals surface area contributed by atoms with E-state index in [1.54, 1.807) is 0 Å². The molecule has 2 nitrogen and oxygen atoms in total. The molecule has 0 aliphatic heterocycles. The van der Waals surface area contributed by atoms with Gasteiger partial charge in [0, 0.05) is 21.1 Å². The molecule has 0 bridgehead atoms. The summed E-state index contributed by atoms with van der Waals surface area (Å²) in [6.45, 7) is 0. The Morgan fingerprint density at radius 1 is 0.750 bits per heavy atom. The molecule has 4 heteroatoms. The van der Waals surface area contributed by atoms with Gasteiger partial charge >= 0.3 is 0 Å². The first-order valence-corrected chi connectivity index (χ1v) is 0. The Bertz CT molecular complexity index is 6.00. The predicted molar refractivity (Wildman–Crippen MR) is 10.0 cm³/mol. The maximum Gasteiger partial charge on any atom is 0 e. The molecule has 0 atom stereocenters. The summed E-state index contributed by atoms with van der Waals surface area (Å²) < 4.78 is 0. The first-order valence-electron chi connectivity index (χ1n) is 0. The van der Waals surface area contributed by atoms with Gasteiger partial charge in [0.2, 0.25) is 0 Å². The van der Waals surface area contributed by atoms with Crippen LogP contribution in [0.2, 0.25) is 0 Å². The van der Waals surface area contributed by atoms with Crippen LogP contribution in [0.4, 0.5) is 0 Å². The van der Waals surface area contributed by atoms with E-state index in [0.717, 1.165) is 0 Å². The number of rotatable bonds is 0. The Hall–Kier alpha value is 0.898. The standard InChI is InChI=1S/ClH.2H3N.Pt/h1H;2*1H3;/p-1. The summed E-state index contributed by atoms with van der Waals surface area (Å²) in [5, 5.41) is 0. The average molecular weight is 265 g/mol. The molecular weight excluding hydrogens is 259 g/mol. The van der Waals surface area contributed by atoms with E-state index in [4.69, 9.17) is 0 Å². The number of hydrogen-bond donors (Lipinski definition) is 2. The average Bonchev–Trinajstić information content (AvgIpc) is 0. The summed E-state index contributed by atoms with van der Waals surface area (Å²) in [6, 6.07) is 0. The minimum Gasteiger partial charge on any atom is -1.00 e. The van der Waals surface area contributed by atoms with E-state index in [1.807, 2.05) is 0 Å². The Balaban J connectivity index is 0. The molecule has 0 spiro atoms. The molecule has 0 rings (SSSR count). The van der Waals surface area contributed by atoms with Gasteiger partial charge in [-0.05, 0) is 0 Å². The molecular formula is H6ClN2Pt-. The van der Waals surface area contributed by atoms with Crippen LogP contribution in [0.3, 0.4) is 0 Å². The molecule has 4 heavy (non-hydrogen) atoms. The largest absolute Gasteiger partial charge is 1.00 e. The predicted octanol–water partition coefficient (Wildman–Crippen LogP) is -2.67. The van der Waals surface area contributed by atoms with Crippen molar-refractivity contribution in [1.82, 2.24) is 12.3 Å². The zero-order chi connectivity index (χ0) is 0. The van der Waals surface area contributed by atoms with Gasteiger partial charge in [-0.25, -0.2) is 0 Å². The Labute approximate surface area is 46.2 Å². The minimum absolute atomic E-state index is 0. The van der Waals surface area contributed by atoms with E-state index in [9.17, 15) is 0 Å². The zero-order valence-electron chi connectivity index (χ0n) is 2.11. The first-order chi connectivity index (χ1) is 0. The minimum atomic E-state index is 0. The summed E-state index contributed by atoms with van der Waals surface area (Å²) in [7, 11) is 0. The Morgan fingerprint density at radius 3 is 0.750 bits per heavy atom. The second kappa shape index (κ2) is 40.6. The van der Waals surface area contributed by atoms with Gasteiger partial charge in [-0.3, -0.25) is 0 Å². The Morgan fingerprint density at radius 2 is 0.750 bits per heavy atom. The maximum atomic E-state index is 0. The van der Waals surface area contributed by atoms with Crippen LogP contribution in [0.5, 0.6) is 0 Å². The fraction of sp³-hybridized carbons (Fsp3) is 0. The van der Waals surface area contributed by atoms with E-state index < -0.39 is 0 Å². The van der Waals surface area contributed by atoms with Crippen LogP contribution in [-0.2, 0) is 21.1 Å². The number of hydrogen-bond acceptors (Lipinski definition) is 2. The normalized spacial score (nSPS) is 0. The van der Waals surface area contributed by atoms with Crippen LogP contribution in [0.25, 0.3) is 0 Å². The van der Waals surface area contributed by atoms with Crippen LogP contribution in [0, 0.1) is 0 Å². The summed E-state index contributed by atoms with van der Waals surface area (Å²) in [5.41, 5.74) is 0. The monoisotopic (exact) mass is 264 g/mol. The van der Waals surface area contributed by atoms with Gasteiger partial charge in [0.15, 0.2) is 0 Å². The fourth-order valence-electron chi connectivity index (χ4n) is 0. The van der Waals surface area contributed by atoms with Crippen molar-refractivity contribution < 1.29 is 33.5 Å². The van der Waals surface area contributed by atoms with Crippen LogP contribution >= 0.6 is 0 Å². The number of halogens is 1. The third-order valence-corrected chi connectivity index (χ3v) is 0. The SMILES string of the molecule is N.N.[Cl-].[Pt]. The first kappa shape index (κ1) is 92.2. The molecule has 0 radical (unpaired) electrons. The van der Waals surface area contributed by atoms with Gasteiger partial charge in [-0.15, -0.1) is 0 Å². The van der Waals surface area contributed by atoms with E-state index in [0.29, 0.717) is 0 Å². The molecule has 0 aliphatic carbocycles. The van der Waals surface area contributed by atoms with Crippen molar-refractivity contribution in [1.29, 1.82) is 0 Å². The molecule has 0 amide bonds. The smallest absolute Gasteiger partial charge is 0 e. The van der Waals surface area contributed by atoms with Crippen LogP contribution < -0.4 is 24.7 Å². The molecule has 0 aromatic heterocycles. The van der Waals surface area contributed by atoms with Gasteiger partial charge in [0.1, 0.15) is 0 Å². The molecule has 0 aromatic carbocycles. The van der Waals surface area contributed by atoms with E-state index in [2.05, 4.69) is 0 Å². The van der Waals surface area contributed by atoms with Crippen molar-refractivity contribution in [2.45, 2.75) is 0 Å². The molecule has 0 unspecified atom stereocenters. The molecule has 0 aromatic rings. The van der Waals surface area contributed by atoms with Crippen LogP contribution in [0.1, 0.15) is 0 Å². The van der Waals surface area contributed by atoms with Gasteiger partial charge in [-0.2, -0.15) is 0 Å². The van der Waals surface area contributed by atoms with Crippen molar-refractivity contribution in [3.8, 4) is 0 Å². The van der Waals surface area contributed by atoms with E-state index >= 15 is 0 Å². The zero-order valence-corrected chi connectivity index (χ0v) is 5.14. The fourth-order valence-corrected chi connectivity index (χ4v) is 0. The van der Waals surface area contributed by atoms with Crippen molar-refractivity contribution in [2.24, 2.45) is 0 Å². The van der Waals surface area contributed by atoms with Gasteiger partial charge in [0.05, 0.1) is 0 Å². The van der Waals surface area contributed by atoms with Gasteiger partial charge < -0.3 is 24.7 Å². The van der Waals surface area contributed by atoms with Crippen molar-refractivity contribution in [3.05, 3.63) is 0 Å².